The molecule has 2 aromatic rings. The Hall–Kier alpha value is -4.28. The third-order valence-corrected chi connectivity index (χ3v) is 5.87. The van der Waals surface area contributed by atoms with Crippen molar-refractivity contribution in [2.45, 2.75) is 31.7 Å². The number of carbonyl (C=O) groups excluding carboxylic acids is 5. The summed E-state index contributed by atoms with van der Waals surface area (Å²) >= 11 is 0. The molecule has 0 radical (unpaired) electrons. The molecule has 1 aromatic carbocycles. The Morgan fingerprint density at radius 3 is 2.63 bits per heavy atom. The number of aromatic nitrogens is 1. The number of imide groups is 2. The first-order valence-corrected chi connectivity index (χ1v) is 11.3. The lowest BCUT2D eigenvalue weighted by atomic mass is 10.0. The molecule has 0 spiro atoms. The van der Waals surface area contributed by atoms with Gasteiger partial charge in [-0.25, -0.2) is 9.78 Å². The van der Waals surface area contributed by atoms with Gasteiger partial charge in [-0.3, -0.25) is 34.7 Å². The van der Waals surface area contributed by atoms with Gasteiger partial charge in [-0.05, 0) is 49.1 Å². The van der Waals surface area contributed by atoms with Crippen LogP contribution < -0.4 is 20.9 Å². The van der Waals surface area contributed by atoms with Gasteiger partial charge in [0.15, 0.2) is 0 Å². The van der Waals surface area contributed by atoms with Crippen LogP contribution in [-0.4, -0.2) is 66.2 Å². The van der Waals surface area contributed by atoms with Gasteiger partial charge in [-0.2, -0.15) is 0 Å². The highest BCUT2D eigenvalue weighted by Gasteiger charge is 2.44. The molecule has 35 heavy (non-hydrogen) atoms. The molecule has 1 atom stereocenters. The molecule has 0 bridgehead atoms. The minimum absolute atomic E-state index is 0.0762. The average molecular weight is 479 g/mol. The standard InChI is InChI=1S/C24H26N6O5/c1-29(2)19-7-3-6-18(26-19)27-24(35)25-12-4-5-14-8-9-15-16(13-14)23(34)30(22(15)33)17-10-11-20(31)28-21(17)32/h3,6-9,13,17H,4-5,10-12H2,1-2H3,(H,28,31,32)(H2,25,26,27,35). The summed E-state index contributed by atoms with van der Waals surface area (Å²) < 4.78 is 0. The molecule has 2 aliphatic rings. The summed E-state index contributed by atoms with van der Waals surface area (Å²) in [6.45, 7) is 0.394. The van der Waals surface area contributed by atoms with Crippen molar-refractivity contribution in [2.75, 3.05) is 30.9 Å². The summed E-state index contributed by atoms with van der Waals surface area (Å²) in [5.74, 6) is -0.947. The second-order valence-corrected chi connectivity index (χ2v) is 8.59. The van der Waals surface area contributed by atoms with Gasteiger partial charge in [-0.1, -0.05) is 12.1 Å². The normalized spacial score (nSPS) is 17.2. The van der Waals surface area contributed by atoms with Gasteiger partial charge in [0.05, 0.1) is 11.1 Å². The van der Waals surface area contributed by atoms with Crippen LogP contribution in [0.1, 0.15) is 45.5 Å². The summed E-state index contributed by atoms with van der Waals surface area (Å²) in [4.78, 5) is 68.5. The highest BCUT2D eigenvalue weighted by atomic mass is 16.2. The Labute approximate surface area is 201 Å². The number of piperidine rings is 1. The third kappa shape index (κ3) is 5.13. The highest BCUT2D eigenvalue weighted by molar-refractivity contribution is 6.23. The van der Waals surface area contributed by atoms with Gasteiger partial charge < -0.3 is 10.2 Å². The van der Waals surface area contributed by atoms with Crippen molar-refractivity contribution in [3.63, 3.8) is 0 Å². The second-order valence-electron chi connectivity index (χ2n) is 8.59. The highest BCUT2D eigenvalue weighted by Crippen LogP contribution is 2.28. The maximum Gasteiger partial charge on any atom is 0.320 e. The van der Waals surface area contributed by atoms with Gasteiger partial charge in [0.2, 0.25) is 11.8 Å². The molecule has 182 valence electrons. The number of anilines is 2. The van der Waals surface area contributed by atoms with Crippen LogP contribution in [0.3, 0.4) is 0 Å². The zero-order chi connectivity index (χ0) is 25.1. The van der Waals surface area contributed by atoms with E-state index in [9.17, 15) is 24.0 Å². The Bertz CT molecular complexity index is 1210. The lowest BCUT2D eigenvalue weighted by Crippen LogP contribution is -2.54. The summed E-state index contributed by atoms with van der Waals surface area (Å²) in [5, 5.41) is 7.65. The van der Waals surface area contributed by atoms with Crippen molar-refractivity contribution in [1.82, 2.24) is 20.5 Å². The van der Waals surface area contributed by atoms with Crippen molar-refractivity contribution >= 4 is 41.3 Å². The van der Waals surface area contributed by atoms with E-state index in [0.29, 0.717) is 25.2 Å². The van der Waals surface area contributed by atoms with Crippen LogP contribution in [0.15, 0.2) is 36.4 Å². The fourth-order valence-corrected chi connectivity index (χ4v) is 4.07. The Morgan fingerprint density at radius 2 is 1.89 bits per heavy atom. The molecule has 1 saturated heterocycles. The second kappa shape index (κ2) is 9.92. The van der Waals surface area contributed by atoms with Gasteiger partial charge in [-0.15, -0.1) is 0 Å². The summed E-state index contributed by atoms with van der Waals surface area (Å²) in [6, 6.07) is 8.98. The molecule has 11 heteroatoms. The predicted molar refractivity (Wildman–Crippen MR) is 127 cm³/mol. The van der Waals surface area contributed by atoms with E-state index in [4.69, 9.17) is 0 Å². The molecule has 4 rings (SSSR count). The van der Waals surface area contributed by atoms with Crippen molar-refractivity contribution in [1.29, 1.82) is 0 Å². The zero-order valence-electron chi connectivity index (χ0n) is 19.5. The van der Waals surface area contributed by atoms with Crippen LogP contribution in [0.25, 0.3) is 0 Å². The molecule has 3 heterocycles. The van der Waals surface area contributed by atoms with Gasteiger partial charge in [0.25, 0.3) is 11.8 Å². The molecule has 6 amide bonds. The molecular formula is C24H26N6O5. The van der Waals surface area contributed by atoms with Crippen LogP contribution in [0, 0.1) is 0 Å². The topological polar surface area (TPSA) is 141 Å². The quantitative estimate of drug-likeness (QED) is 0.402. The minimum Gasteiger partial charge on any atom is -0.363 e. The summed E-state index contributed by atoms with van der Waals surface area (Å²) in [5.41, 5.74) is 1.32. The van der Waals surface area contributed by atoms with E-state index in [-0.39, 0.29) is 30.0 Å². The minimum atomic E-state index is -0.987. The van der Waals surface area contributed by atoms with Crippen LogP contribution in [-0.2, 0) is 16.0 Å². The van der Waals surface area contributed by atoms with Crippen LogP contribution in [0.4, 0.5) is 16.4 Å². The van der Waals surface area contributed by atoms with Crippen molar-refractivity contribution in [2.24, 2.45) is 0 Å². The molecule has 1 fully saturated rings. The number of hydrogen-bond donors (Lipinski definition) is 3. The van der Waals surface area contributed by atoms with E-state index < -0.39 is 29.7 Å². The third-order valence-electron chi connectivity index (χ3n) is 5.87. The first kappa shape index (κ1) is 23.9. The Morgan fingerprint density at radius 1 is 1.11 bits per heavy atom. The van der Waals surface area contributed by atoms with Gasteiger partial charge in [0, 0.05) is 27.1 Å². The number of benzene rings is 1. The number of nitrogens with one attached hydrogen (secondary N) is 3. The van der Waals surface area contributed by atoms with Crippen LogP contribution in [0.5, 0.6) is 0 Å². The molecule has 2 aliphatic heterocycles. The number of pyridine rings is 1. The molecule has 0 saturated carbocycles. The van der Waals surface area contributed by atoms with E-state index in [1.165, 1.54) is 0 Å². The van der Waals surface area contributed by atoms with Crippen LogP contribution >= 0.6 is 0 Å². The number of nitrogens with zero attached hydrogens (tertiary/aromatic N) is 3. The maximum absolute atomic E-state index is 12.9. The molecule has 0 aliphatic carbocycles. The Balaban J connectivity index is 1.30. The molecule has 1 unspecified atom stereocenters. The fourth-order valence-electron chi connectivity index (χ4n) is 4.07. The van der Waals surface area contributed by atoms with E-state index in [1.807, 2.05) is 25.1 Å². The SMILES string of the molecule is CN(C)c1cccc(NC(=O)NCCCc2ccc3c(c2)C(=O)N(C2CCC(=O)NC2=O)C3=O)n1. The van der Waals surface area contributed by atoms with E-state index in [2.05, 4.69) is 20.9 Å². The van der Waals surface area contributed by atoms with Crippen molar-refractivity contribution in [3.8, 4) is 0 Å². The first-order valence-electron chi connectivity index (χ1n) is 11.3. The fraction of sp³-hybridized carbons (Fsp3) is 0.333. The number of fused-ring (bicyclic) bond motifs is 1. The van der Waals surface area contributed by atoms with E-state index in [0.717, 1.165) is 16.3 Å². The first-order chi connectivity index (χ1) is 16.7. The maximum atomic E-state index is 12.9. The van der Waals surface area contributed by atoms with Crippen LogP contribution in [0.2, 0.25) is 0 Å². The van der Waals surface area contributed by atoms with Gasteiger partial charge >= 0.3 is 6.03 Å². The van der Waals surface area contributed by atoms with Crippen molar-refractivity contribution in [3.05, 3.63) is 53.1 Å². The smallest absolute Gasteiger partial charge is 0.320 e. The molecular weight excluding hydrogens is 452 g/mol. The predicted octanol–water partition coefficient (Wildman–Crippen LogP) is 1.30. The van der Waals surface area contributed by atoms with E-state index in [1.54, 1.807) is 30.3 Å². The summed E-state index contributed by atoms with van der Waals surface area (Å²) in [7, 11) is 3.72. The lowest BCUT2D eigenvalue weighted by Gasteiger charge is -2.27. The number of aryl methyl sites for hydroxylation is 1. The summed E-state index contributed by atoms with van der Waals surface area (Å²) in [6.07, 6.45) is 1.37. The monoisotopic (exact) mass is 478 g/mol. The molecule has 1 aromatic heterocycles. The number of hydrogen-bond acceptors (Lipinski definition) is 7. The van der Waals surface area contributed by atoms with Crippen molar-refractivity contribution < 1.29 is 24.0 Å². The number of carbonyl (C=O) groups is 5. The number of amides is 6. The largest absolute Gasteiger partial charge is 0.363 e. The average Bonchev–Trinajstić information content (AvgIpc) is 3.06. The lowest BCUT2D eigenvalue weighted by molar-refractivity contribution is -0.136. The van der Waals surface area contributed by atoms with E-state index >= 15 is 0 Å². The molecule has 3 N–H and O–H groups in total. The number of urea groups is 1. The number of rotatable bonds is 7. The van der Waals surface area contributed by atoms with Gasteiger partial charge in [0.1, 0.15) is 17.7 Å². The molecule has 11 nitrogen and oxygen atoms in total. The zero-order valence-corrected chi connectivity index (χ0v) is 19.5. The Kier molecular flexibility index (Phi) is 6.76.